The topological polar surface area (TPSA) is 117 Å². The third-order valence-corrected chi connectivity index (χ3v) is 5.96. The molecule has 0 saturated heterocycles. The van der Waals surface area contributed by atoms with Crippen molar-refractivity contribution < 1.29 is 19.7 Å². The normalized spacial score (nSPS) is 18.6. The minimum Gasteiger partial charge on any atom is -0.496 e. The molecule has 160 valence electrons. The summed E-state index contributed by atoms with van der Waals surface area (Å²) in [7, 11) is 1.41. The number of aromatic nitrogens is 2. The molecule has 2 aromatic carbocycles. The van der Waals surface area contributed by atoms with Gasteiger partial charge >= 0.3 is 11.7 Å². The third-order valence-electron chi connectivity index (χ3n) is 5.96. The minimum absolute atomic E-state index is 0.0239. The summed E-state index contributed by atoms with van der Waals surface area (Å²) in [5.41, 5.74) is 2.26. The van der Waals surface area contributed by atoms with E-state index < -0.39 is 5.97 Å². The molecule has 0 atom stereocenters. The van der Waals surface area contributed by atoms with E-state index in [0.29, 0.717) is 42.3 Å². The number of aliphatic hydroxyl groups is 1. The van der Waals surface area contributed by atoms with Crippen LogP contribution in [-0.2, 0) is 6.54 Å². The monoisotopic (exact) mass is 421 g/mol. The molecule has 4 rings (SSSR count). The molecule has 1 aliphatic carbocycles. The van der Waals surface area contributed by atoms with Crippen molar-refractivity contribution in [3.05, 3.63) is 63.6 Å². The standard InChI is InChI=1S/C23H23N3O5/c1-31-21-9-3-15(10-18(21)22(28)29)13-25-20-11-14(12-24)2-8-19(20)26(23(25)30)16-4-6-17(27)7-5-16/h2-3,8-11,16-17,27H,4-7,13H2,1H3,(H,28,29). The van der Waals surface area contributed by atoms with Crippen molar-refractivity contribution in [1.82, 2.24) is 9.13 Å². The number of benzene rings is 2. The molecule has 1 aromatic heterocycles. The molecule has 2 N–H and O–H groups in total. The maximum atomic E-state index is 13.5. The van der Waals surface area contributed by atoms with E-state index in [4.69, 9.17) is 4.74 Å². The fourth-order valence-corrected chi connectivity index (χ4v) is 4.37. The number of aromatic carboxylic acids is 1. The SMILES string of the molecule is COc1ccc(Cn2c(=O)n(C3CCC(O)CC3)c3ccc(C#N)cc32)cc1C(=O)O. The van der Waals surface area contributed by atoms with Crippen molar-refractivity contribution in [3.8, 4) is 11.8 Å². The highest BCUT2D eigenvalue weighted by Gasteiger charge is 2.26. The highest BCUT2D eigenvalue weighted by atomic mass is 16.5. The fourth-order valence-electron chi connectivity index (χ4n) is 4.37. The molecule has 0 bridgehead atoms. The average molecular weight is 421 g/mol. The summed E-state index contributed by atoms with van der Waals surface area (Å²) in [5.74, 6) is -0.862. The molecule has 8 nitrogen and oxygen atoms in total. The van der Waals surface area contributed by atoms with Crippen LogP contribution in [-0.4, -0.2) is 38.5 Å². The maximum absolute atomic E-state index is 13.5. The first-order chi connectivity index (χ1) is 14.9. The molecule has 0 amide bonds. The summed E-state index contributed by atoms with van der Waals surface area (Å²) < 4.78 is 8.45. The summed E-state index contributed by atoms with van der Waals surface area (Å²) in [5, 5.41) is 28.7. The van der Waals surface area contributed by atoms with Crippen LogP contribution in [0.15, 0.2) is 41.2 Å². The molecule has 1 heterocycles. The minimum atomic E-state index is -1.11. The fraction of sp³-hybridized carbons (Fsp3) is 0.348. The molecule has 0 spiro atoms. The van der Waals surface area contributed by atoms with Crippen LogP contribution in [0.25, 0.3) is 11.0 Å². The zero-order valence-corrected chi connectivity index (χ0v) is 17.1. The number of imidazole rings is 1. The number of carboxylic acids is 1. The van der Waals surface area contributed by atoms with Crippen molar-refractivity contribution in [1.29, 1.82) is 5.26 Å². The van der Waals surface area contributed by atoms with E-state index >= 15 is 0 Å². The summed E-state index contributed by atoms with van der Waals surface area (Å²) in [6.45, 7) is 0.164. The Bertz CT molecular complexity index is 1240. The quantitative estimate of drug-likeness (QED) is 0.654. The Morgan fingerprint density at radius 3 is 2.55 bits per heavy atom. The van der Waals surface area contributed by atoms with Crippen LogP contribution in [0.1, 0.15) is 53.2 Å². The molecule has 1 fully saturated rings. The molecule has 31 heavy (non-hydrogen) atoms. The van der Waals surface area contributed by atoms with Crippen LogP contribution in [0.3, 0.4) is 0 Å². The lowest BCUT2D eigenvalue weighted by molar-refractivity contribution is 0.0693. The third kappa shape index (κ3) is 3.80. The molecule has 1 aliphatic rings. The number of ether oxygens (including phenoxy) is 1. The van der Waals surface area contributed by atoms with E-state index in [1.54, 1.807) is 39.5 Å². The number of carboxylic acid groups (broad SMARTS) is 1. The van der Waals surface area contributed by atoms with Crippen molar-refractivity contribution in [3.63, 3.8) is 0 Å². The summed E-state index contributed by atoms with van der Waals surface area (Å²) >= 11 is 0. The lowest BCUT2D eigenvalue weighted by Gasteiger charge is -2.26. The van der Waals surface area contributed by atoms with E-state index in [9.17, 15) is 25.1 Å². The van der Waals surface area contributed by atoms with Gasteiger partial charge in [0.05, 0.1) is 42.4 Å². The Hall–Kier alpha value is -3.57. The van der Waals surface area contributed by atoms with Crippen LogP contribution in [0.5, 0.6) is 5.75 Å². The predicted octanol–water partition coefficient (Wildman–Crippen LogP) is 2.91. The smallest absolute Gasteiger partial charge is 0.339 e. The Kier molecular flexibility index (Phi) is 5.53. The van der Waals surface area contributed by atoms with Crippen molar-refractivity contribution in [2.45, 2.75) is 44.4 Å². The first kappa shape index (κ1) is 20.7. The first-order valence-corrected chi connectivity index (χ1v) is 10.2. The second-order valence-corrected chi connectivity index (χ2v) is 7.86. The van der Waals surface area contributed by atoms with Crippen molar-refractivity contribution in [2.24, 2.45) is 0 Å². The van der Waals surface area contributed by atoms with Crippen LogP contribution < -0.4 is 10.4 Å². The lowest BCUT2D eigenvalue weighted by Crippen LogP contribution is -2.31. The van der Waals surface area contributed by atoms with Crippen LogP contribution in [0.2, 0.25) is 0 Å². The van der Waals surface area contributed by atoms with E-state index in [1.165, 1.54) is 13.2 Å². The Morgan fingerprint density at radius 2 is 1.90 bits per heavy atom. The van der Waals surface area contributed by atoms with Crippen molar-refractivity contribution >= 4 is 17.0 Å². The van der Waals surface area contributed by atoms with Gasteiger partial charge in [-0.25, -0.2) is 9.59 Å². The highest BCUT2D eigenvalue weighted by Crippen LogP contribution is 2.31. The molecular formula is C23H23N3O5. The van der Waals surface area contributed by atoms with Gasteiger partial charge in [-0.3, -0.25) is 9.13 Å². The molecule has 0 radical (unpaired) electrons. The number of nitriles is 1. The number of hydrogen-bond acceptors (Lipinski definition) is 5. The van der Waals surface area contributed by atoms with Crippen LogP contribution in [0, 0.1) is 11.3 Å². The molecule has 3 aromatic rings. The number of hydrogen-bond donors (Lipinski definition) is 2. The number of carbonyl (C=O) groups is 1. The van der Waals surface area contributed by atoms with Gasteiger partial charge in [-0.05, 0) is 61.6 Å². The van der Waals surface area contributed by atoms with Gasteiger partial charge in [0.1, 0.15) is 11.3 Å². The molecule has 0 aliphatic heterocycles. The van der Waals surface area contributed by atoms with E-state index in [0.717, 1.165) is 5.52 Å². The number of rotatable bonds is 5. The highest BCUT2D eigenvalue weighted by molar-refractivity contribution is 5.91. The Balaban J connectivity index is 1.83. The van der Waals surface area contributed by atoms with Gasteiger partial charge in [-0.2, -0.15) is 5.26 Å². The molecule has 8 heteroatoms. The number of aliphatic hydroxyl groups excluding tert-OH is 1. The zero-order chi connectivity index (χ0) is 22.1. The average Bonchev–Trinajstić information content (AvgIpc) is 3.05. The van der Waals surface area contributed by atoms with Gasteiger partial charge in [-0.15, -0.1) is 0 Å². The van der Waals surface area contributed by atoms with Crippen molar-refractivity contribution in [2.75, 3.05) is 7.11 Å². The summed E-state index contributed by atoms with van der Waals surface area (Å²) in [4.78, 5) is 25.0. The summed E-state index contributed by atoms with van der Waals surface area (Å²) in [6, 6.07) is 12.1. The van der Waals surface area contributed by atoms with E-state index in [1.807, 2.05) is 0 Å². The number of methoxy groups -OCH3 is 1. The zero-order valence-electron chi connectivity index (χ0n) is 17.1. The number of nitrogens with zero attached hydrogens (tertiary/aromatic N) is 3. The molecular weight excluding hydrogens is 398 g/mol. The van der Waals surface area contributed by atoms with Crippen LogP contribution in [0.4, 0.5) is 0 Å². The Morgan fingerprint density at radius 1 is 1.16 bits per heavy atom. The summed E-state index contributed by atoms with van der Waals surface area (Å²) in [6.07, 6.45) is 2.35. The van der Waals surface area contributed by atoms with Gasteiger partial charge in [0.25, 0.3) is 0 Å². The Labute approximate surface area is 178 Å². The maximum Gasteiger partial charge on any atom is 0.339 e. The van der Waals surface area contributed by atoms with Gasteiger partial charge in [0.15, 0.2) is 0 Å². The largest absolute Gasteiger partial charge is 0.496 e. The van der Waals surface area contributed by atoms with E-state index in [-0.39, 0.29) is 35.7 Å². The van der Waals surface area contributed by atoms with E-state index in [2.05, 4.69) is 6.07 Å². The molecule has 0 unspecified atom stereocenters. The van der Waals surface area contributed by atoms with Gasteiger partial charge < -0.3 is 14.9 Å². The first-order valence-electron chi connectivity index (χ1n) is 10.2. The van der Waals surface area contributed by atoms with Gasteiger partial charge in [-0.1, -0.05) is 6.07 Å². The predicted molar refractivity (Wildman–Crippen MR) is 113 cm³/mol. The van der Waals surface area contributed by atoms with Gasteiger partial charge in [0.2, 0.25) is 0 Å². The lowest BCUT2D eigenvalue weighted by atomic mass is 9.93. The molecule has 1 saturated carbocycles. The number of fused-ring (bicyclic) bond motifs is 1. The second-order valence-electron chi connectivity index (χ2n) is 7.86. The van der Waals surface area contributed by atoms with Crippen LogP contribution >= 0.6 is 0 Å². The van der Waals surface area contributed by atoms with Gasteiger partial charge in [0, 0.05) is 6.04 Å². The second kappa shape index (κ2) is 8.28.